The number of aryl methyl sites for hydroxylation is 2. The first-order chi connectivity index (χ1) is 16.0. The van der Waals surface area contributed by atoms with Gasteiger partial charge < -0.3 is 10.2 Å². The molecule has 0 unspecified atom stereocenters. The van der Waals surface area contributed by atoms with Crippen LogP contribution in [0.1, 0.15) is 48.1 Å². The van der Waals surface area contributed by atoms with Gasteiger partial charge in [-0.3, -0.25) is 9.48 Å². The molecule has 0 atom stereocenters. The molecule has 0 aliphatic heterocycles. The molecule has 0 aliphatic carbocycles. The zero-order valence-corrected chi connectivity index (χ0v) is 20.7. The fraction of sp³-hybridized carbons (Fsp3) is 0.360. The van der Waals surface area contributed by atoms with Gasteiger partial charge in [0.2, 0.25) is 5.95 Å². The van der Waals surface area contributed by atoms with Gasteiger partial charge in [-0.25, -0.2) is 19.9 Å². The molecule has 0 radical (unpaired) electrons. The van der Waals surface area contributed by atoms with Crippen molar-refractivity contribution in [3.05, 3.63) is 59.3 Å². The molecule has 1 aromatic carbocycles. The molecule has 0 spiro atoms. The second-order valence-electron chi connectivity index (χ2n) is 9.68. The number of nitrogens with one attached hydrogen (secondary N) is 1. The molecule has 34 heavy (non-hydrogen) atoms. The Morgan fingerprint density at radius 1 is 1.12 bits per heavy atom. The number of aromatic nitrogens is 6. The van der Waals surface area contributed by atoms with E-state index < -0.39 is 0 Å². The predicted octanol–water partition coefficient (Wildman–Crippen LogP) is 3.99. The van der Waals surface area contributed by atoms with E-state index in [2.05, 4.69) is 51.1 Å². The Labute approximate surface area is 199 Å². The molecule has 0 bridgehead atoms. The number of carbonyl (C=O) groups excluding carboxylic acids is 1. The topological polar surface area (TPSA) is 102 Å². The Balaban J connectivity index is 1.62. The van der Waals surface area contributed by atoms with Gasteiger partial charge in [-0.1, -0.05) is 32.9 Å². The summed E-state index contributed by atoms with van der Waals surface area (Å²) in [7, 11) is 5.58. The van der Waals surface area contributed by atoms with Crippen molar-refractivity contribution in [2.24, 2.45) is 7.05 Å². The van der Waals surface area contributed by atoms with E-state index in [1.165, 1.54) is 6.33 Å². The summed E-state index contributed by atoms with van der Waals surface area (Å²) in [6, 6.07) is 7.85. The molecule has 1 N–H and O–H groups in total. The van der Waals surface area contributed by atoms with Crippen LogP contribution in [0.25, 0.3) is 11.0 Å². The summed E-state index contributed by atoms with van der Waals surface area (Å²) >= 11 is 0. The quantitative estimate of drug-likeness (QED) is 0.433. The van der Waals surface area contributed by atoms with Gasteiger partial charge in [-0.05, 0) is 30.2 Å². The smallest absolute Gasteiger partial charge is 0.225 e. The number of hydrogen-bond donors (Lipinski definition) is 1. The van der Waals surface area contributed by atoms with Crippen molar-refractivity contribution in [2.75, 3.05) is 24.3 Å². The summed E-state index contributed by atoms with van der Waals surface area (Å²) in [5, 5.41) is 7.92. The maximum atomic E-state index is 13.1. The molecule has 9 nitrogen and oxygen atoms in total. The molecule has 3 heterocycles. The van der Waals surface area contributed by atoms with Crippen LogP contribution in [0.2, 0.25) is 0 Å². The Kier molecular flexibility index (Phi) is 6.03. The third-order valence-electron chi connectivity index (χ3n) is 5.62. The number of anilines is 3. The fourth-order valence-electron chi connectivity index (χ4n) is 3.56. The van der Waals surface area contributed by atoms with E-state index in [9.17, 15) is 4.79 Å². The minimum atomic E-state index is -0.118. The van der Waals surface area contributed by atoms with Crippen molar-refractivity contribution in [2.45, 2.75) is 39.5 Å². The van der Waals surface area contributed by atoms with E-state index in [0.717, 1.165) is 22.5 Å². The summed E-state index contributed by atoms with van der Waals surface area (Å²) in [6.45, 7) is 8.27. The van der Waals surface area contributed by atoms with E-state index in [-0.39, 0.29) is 17.6 Å². The van der Waals surface area contributed by atoms with Crippen LogP contribution in [0.5, 0.6) is 0 Å². The average Bonchev–Trinajstić information content (AvgIpc) is 3.18. The fourth-order valence-corrected chi connectivity index (χ4v) is 3.56. The van der Waals surface area contributed by atoms with Gasteiger partial charge in [-0.2, -0.15) is 5.10 Å². The summed E-state index contributed by atoms with van der Waals surface area (Å²) in [6.07, 6.45) is 3.45. The van der Waals surface area contributed by atoms with Crippen LogP contribution in [0.3, 0.4) is 0 Å². The number of carbonyl (C=O) groups is 1. The van der Waals surface area contributed by atoms with Gasteiger partial charge in [0.15, 0.2) is 11.6 Å². The van der Waals surface area contributed by atoms with Gasteiger partial charge >= 0.3 is 0 Å². The lowest BCUT2D eigenvalue weighted by Crippen LogP contribution is -2.13. The SMILES string of the molecule is Cc1ccc(CC(=O)c2cc(C(C)(C)C)nn2C)cc1Nc1ncnc2cnc(N(C)C)nc12. The Hall–Kier alpha value is -3.88. The number of nitrogens with zero attached hydrogens (tertiary/aromatic N) is 7. The molecule has 176 valence electrons. The number of benzene rings is 1. The number of hydrogen-bond acceptors (Lipinski definition) is 8. The summed E-state index contributed by atoms with van der Waals surface area (Å²) < 4.78 is 1.67. The van der Waals surface area contributed by atoms with Crippen LogP contribution >= 0.6 is 0 Å². The van der Waals surface area contributed by atoms with Gasteiger partial charge in [0.05, 0.1) is 11.9 Å². The maximum absolute atomic E-state index is 13.1. The maximum Gasteiger partial charge on any atom is 0.225 e. The molecular formula is C25H30N8O. The van der Waals surface area contributed by atoms with Gasteiger partial charge in [-0.15, -0.1) is 0 Å². The van der Waals surface area contributed by atoms with E-state index in [1.807, 2.05) is 57.2 Å². The van der Waals surface area contributed by atoms with Crippen molar-refractivity contribution < 1.29 is 4.79 Å². The second-order valence-corrected chi connectivity index (χ2v) is 9.68. The zero-order chi connectivity index (χ0) is 24.6. The first kappa shape index (κ1) is 23.3. The molecular weight excluding hydrogens is 428 g/mol. The van der Waals surface area contributed by atoms with Gasteiger partial charge in [0, 0.05) is 38.7 Å². The van der Waals surface area contributed by atoms with E-state index in [0.29, 0.717) is 28.5 Å². The standard InChI is InChI=1S/C25H30N8O/c1-15-8-9-16(11-20(34)19-12-21(25(2,3)4)31-33(19)7)10-17(15)29-23-22-18(27-14-28-23)13-26-24(30-22)32(5)6/h8-10,12-14H,11H2,1-7H3,(H,27,28,29). The van der Waals surface area contributed by atoms with Crippen molar-refractivity contribution in [1.29, 1.82) is 0 Å². The van der Waals surface area contributed by atoms with Crippen LogP contribution in [0.4, 0.5) is 17.5 Å². The molecule has 0 saturated heterocycles. The van der Waals surface area contributed by atoms with Crippen molar-refractivity contribution >= 4 is 34.3 Å². The highest BCUT2D eigenvalue weighted by Gasteiger charge is 2.22. The minimum absolute atomic E-state index is 0.0242. The third kappa shape index (κ3) is 4.73. The van der Waals surface area contributed by atoms with E-state index >= 15 is 0 Å². The number of Topliss-reactive ketones (excluding diaryl/α,β-unsaturated/α-hetero) is 1. The first-order valence-corrected chi connectivity index (χ1v) is 11.1. The lowest BCUT2D eigenvalue weighted by Gasteiger charge is -2.14. The zero-order valence-electron chi connectivity index (χ0n) is 20.7. The van der Waals surface area contributed by atoms with Crippen molar-refractivity contribution in [1.82, 2.24) is 29.7 Å². The van der Waals surface area contributed by atoms with Gasteiger partial charge in [0.1, 0.15) is 23.1 Å². The first-order valence-electron chi connectivity index (χ1n) is 11.1. The Morgan fingerprint density at radius 2 is 1.88 bits per heavy atom. The largest absolute Gasteiger partial charge is 0.347 e. The van der Waals surface area contributed by atoms with E-state index in [1.54, 1.807) is 10.9 Å². The Morgan fingerprint density at radius 3 is 2.56 bits per heavy atom. The molecule has 4 rings (SSSR count). The number of rotatable bonds is 6. The molecule has 0 aliphatic rings. The summed E-state index contributed by atoms with van der Waals surface area (Å²) in [5.41, 5.74) is 5.46. The van der Waals surface area contributed by atoms with Crippen LogP contribution < -0.4 is 10.2 Å². The van der Waals surface area contributed by atoms with Crippen molar-refractivity contribution in [3.8, 4) is 0 Å². The Bertz CT molecular complexity index is 1370. The highest BCUT2D eigenvalue weighted by atomic mass is 16.1. The molecule has 3 aromatic heterocycles. The van der Waals surface area contributed by atoms with Gasteiger partial charge in [0.25, 0.3) is 0 Å². The van der Waals surface area contributed by atoms with Crippen LogP contribution in [0, 0.1) is 6.92 Å². The highest BCUT2D eigenvalue weighted by molar-refractivity contribution is 5.96. The lowest BCUT2D eigenvalue weighted by atomic mass is 9.92. The van der Waals surface area contributed by atoms with Crippen LogP contribution in [0.15, 0.2) is 36.8 Å². The number of fused-ring (bicyclic) bond motifs is 1. The second kappa shape index (κ2) is 8.81. The predicted molar refractivity (Wildman–Crippen MR) is 134 cm³/mol. The average molecular weight is 459 g/mol. The highest BCUT2D eigenvalue weighted by Crippen LogP contribution is 2.26. The normalized spacial score (nSPS) is 11.6. The lowest BCUT2D eigenvalue weighted by molar-refractivity contribution is 0.0984. The monoisotopic (exact) mass is 458 g/mol. The molecule has 4 aromatic rings. The molecule has 9 heteroatoms. The third-order valence-corrected chi connectivity index (χ3v) is 5.62. The molecule has 0 amide bonds. The number of ketones is 1. The van der Waals surface area contributed by atoms with Crippen molar-refractivity contribution in [3.63, 3.8) is 0 Å². The summed E-state index contributed by atoms with van der Waals surface area (Å²) in [5.74, 6) is 1.19. The van der Waals surface area contributed by atoms with Crippen LogP contribution in [-0.2, 0) is 18.9 Å². The molecule has 0 fully saturated rings. The van der Waals surface area contributed by atoms with E-state index in [4.69, 9.17) is 0 Å². The minimum Gasteiger partial charge on any atom is -0.347 e. The summed E-state index contributed by atoms with van der Waals surface area (Å²) in [4.78, 5) is 32.5. The molecule has 0 saturated carbocycles. The van der Waals surface area contributed by atoms with Crippen LogP contribution in [-0.4, -0.2) is 49.6 Å².